The molecule has 4 nitrogen and oxygen atoms in total. The number of benzene rings is 1. The Hall–Kier alpha value is -1.80. The summed E-state index contributed by atoms with van der Waals surface area (Å²) >= 11 is 0. The van der Waals surface area contributed by atoms with Crippen LogP contribution in [-0.2, 0) is 25.0 Å². The molecule has 0 unspecified atom stereocenters. The number of esters is 1. The molecule has 0 aromatic heterocycles. The molecule has 0 amide bonds. The van der Waals surface area contributed by atoms with Crippen molar-refractivity contribution in [1.82, 2.24) is 0 Å². The van der Waals surface area contributed by atoms with E-state index in [9.17, 15) is 18.0 Å². The second-order valence-electron chi connectivity index (χ2n) is 6.79. The molecule has 1 aliphatic rings. The van der Waals surface area contributed by atoms with E-state index in [1.54, 1.807) is 0 Å². The summed E-state index contributed by atoms with van der Waals surface area (Å²) < 4.78 is 55.7. The van der Waals surface area contributed by atoms with Crippen LogP contribution < -0.4 is 5.46 Å². The number of ether oxygens (including phenoxy) is 1. The molecule has 0 bridgehead atoms. The molecule has 1 aromatic rings. The number of carbonyl (C=O) groups is 1. The third kappa shape index (κ3) is 4.07. The van der Waals surface area contributed by atoms with E-state index < -0.39 is 36.0 Å². The highest BCUT2D eigenvalue weighted by atomic mass is 19.4. The summed E-state index contributed by atoms with van der Waals surface area (Å²) in [5.74, 6) is -0.742. The molecule has 1 aliphatic heterocycles. The largest absolute Gasteiger partial charge is 0.494 e. The van der Waals surface area contributed by atoms with Gasteiger partial charge in [0, 0.05) is 6.08 Å². The fraction of sp³-hybridized carbons (Fsp3) is 0.471. The predicted molar refractivity (Wildman–Crippen MR) is 88.2 cm³/mol. The summed E-state index contributed by atoms with van der Waals surface area (Å²) in [6.45, 7) is 7.43. The smallest absolute Gasteiger partial charge is 0.466 e. The maximum Gasteiger partial charge on any atom is 0.494 e. The molecular weight excluding hydrogens is 336 g/mol. The fourth-order valence-electron chi connectivity index (χ4n) is 2.33. The summed E-state index contributed by atoms with van der Waals surface area (Å²) in [7, 11) is 0.357. The van der Waals surface area contributed by atoms with Crippen molar-refractivity contribution in [2.45, 2.75) is 45.1 Å². The van der Waals surface area contributed by atoms with Crippen molar-refractivity contribution in [3.05, 3.63) is 35.4 Å². The van der Waals surface area contributed by atoms with Gasteiger partial charge in [0.05, 0.1) is 23.9 Å². The maximum atomic E-state index is 13.2. The van der Waals surface area contributed by atoms with E-state index in [4.69, 9.17) is 9.31 Å². The Labute approximate surface area is 145 Å². The molecule has 0 atom stereocenters. The van der Waals surface area contributed by atoms with Crippen LogP contribution >= 0.6 is 0 Å². The van der Waals surface area contributed by atoms with Gasteiger partial charge in [0.1, 0.15) is 0 Å². The van der Waals surface area contributed by atoms with Crippen molar-refractivity contribution in [2.24, 2.45) is 0 Å². The number of hydrogen-bond acceptors (Lipinski definition) is 4. The van der Waals surface area contributed by atoms with Crippen LogP contribution in [0.3, 0.4) is 0 Å². The topological polar surface area (TPSA) is 44.8 Å². The van der Waals surface area contributed by atoms with Gasteiger partial charge in [-0.05, 0) is 50.9 Å². The third-order valence-corrected chi connectivity index (χ3v) is 4.51. The Kier molecular flexibility index (Phi) is 5.07. The van der Waals surface area contributed by atoms with Crippen LogP contribution in [0.4, 0.5) is 13.2 Å². The fourth-order valence-corrected chi connectivity index (χ4v) is 2.33. The Morgan fingerprint density at radius 1 is 1.16 bits per heavy atom. The summed E-state index contributed by atoms with van der Waals surface area (Å²) in [6.07, 6.45) is -2.54. The lowest BCUT2D eigenvalue weighted by molar-refractivity contribution is -0.138. The lowest BCUT2D eigenvalue weighted by atomic mass is 9.77. The van der Waals surface area contributed by atoms with E-state index in [1.165, 1.54) is 12.1 Å². The van der Waals surface area contributed by atoms with Gasteiger partial charge in [-0.1, -0.05) is 12.1 Å². The average Bonchev–Trinajstić information content (AvgIpc) is 2.71. The van der Waals surface area contributed by atoms with Crippen LogP contribution in [0.1, 0.15) is 38.8 Å². The maximum absolute atomic E-state index is 13.2. The second kappa shape index (κ2) is 6.50. The molecule has 0 saturated carbocycles. The lowest BCUT2D eigenvalue weighted by Gasteiger charge is -2.32. The average molecular weight is 356 g/mol. The molecule has 0 radical (unpaired) electrons. The standard InChI is InChI=1S/C17H20BF3O4/c1-15(2)16(3,4)25-18(24-15)12-7-8-13(17(19,20)21)11(10-12)6-9-14(22)23-5/h6-10H,1-5H3. The molecule has 0 aliphatic carbocycles. The second-order valence-corrected chi connectivity index (χ2v) is 6.79. The van der Waals surface area contributed by atoms with Crippen LogP contribution in [0.15, 0.2) is 24.3 Å². The molecule has 25 heavy (non-hydrogen) atoms. The van der Waals surface area contributed by atoms with Crippen molar-refractivity contribution in [1.29, 1.82) is 0 Å². The monoisotopic (exact) mass is 356 g/mol. The van der Waals surface area contributed by atoms with Gasteiger partial charge in [0.25, 0.3) is 0 Å². The third-order valence-electron chi connectivity index (χ3n) is 4.51. The van der Waals surface area contributed by atoms with E-state index in [1.807, 2.05) is 27.7 Å². The van der Waals surface area contributed by atoms with E-state index in [2.05, 4.69) is 4.74 Å². The van der Waals surface area contributed by atoms with Crippen molar-refractivity contribution in [2.75, 3.05) is 7.11 Å². The van der Waals surface area contributed by atoms with E-state index in [0.29, 0.717) is 5.46 Å². The number of rotatable bonds is 3. The van der Waals surface area contributed by atoms with Gasteiger partial charge in [-0.15, -0.1) is 0 Å². The van der Waals surface area contributed by atoms with Gasteiger partial charge in [-0.3, -0.25) is 0 Å². The van der Waals surface area contributed by atoms with Gasteiger partial charge < -0.3 is 14.0 Å². The summed E-state index contributed by atoms with van der Waals surface area (Å²) in [4.78, 5) is 11.2. The molecule has 136 valence electrons. The summed E-state index contributed by atoms with van der Waals surface area (Å²) in [6, 6.07) is 3.59. The molecule has 8 heteroatoms. The van der Waals surface area contributed by atoms with Gasteiger partial charge in [0.15, 0.2) is 0 Å². The highest BCUT2D eigenvalue weighted by Crippen LogP contribution is 2.37. The normalized spacial score (nSPS) is 19.4. The molecule has 0 spiro atoms. The molecule has 1 fully saturated rings. The molecule has 1 saturated heterocycles. The van der Waals surface area contributed by atoms with Crippen LogP contribution in [0.25, 0.3) is 6.08 Å². The minimum Gasteiger partial charge on any atom is -0.466 e. The quantitative estimate of drug-likeness (QED) is 0.474. The van der Waals surface area contributed by atoms with Gasteiger partial charge in [-0.2, -0.15) is 13.2 Å². The highest BCUT2D eigenvalue weighted by Gasteiger charge is 2.51. The Balaban J connectivity index is 2.43. The zero-order valence-corrected chi connectivity index (χ0v) is 14.7. The first-order valence-corrected chi connectivity index (χ1v) is 7.70. The number of methoxy groups -OCH3 is 1. The van der Waals surface area contributed by atoms with Gasteiger partial charge in [-0.25, -0.2) is 4.79 Å². The van der Waals surface area contributed by atoms with Crippen molar-refractivity contribution in [3.63, 3.8) is 0 Å². The first-order chi connectivity index (χ1) is 11.4. The number of halogens is 3. The van der Waals surface area contributed by atoms with Gasteiger partial charge in [0.2, 0.25) is 0 Å². The number of hydrogen-bond donors (Lipinski definition) is 0. The zero-order valence-electron chi connectivity index (χ0n) is 14.7. The van der Waals surface area contributed by atoms with E-state index in [0.717, 1.165) is 25.3 Å². The molecular formula is C17H20BF3O4. The van der Waals surface area contributed by atoms with Crippen LogP contribution in [0.5, 0.6) is 0 Å². The Bertz CT molecular complexity index is 680. The summed E-state index contributed by atoms with van der Waals surface area (Å²) in [5, 5.41) is 0. The molecule has 2 rings (SSSR count). The predicted octanol–water partition coefficient (Wildman–Crippen LogP) is 3.19. The van der Waals surface area contributed by atoms with E-state index >= 15 is 0 Å². The zero-order chi connectivity index (χ0) is 19.0. The summed E-state index contributed by atoms with van der Waals surface area (Å²) in [5.41, 5.74) is -1.79. The Morgan fingerprint density at radius 2 is 1.72 bits per heavy atom. The highest BCUT2D eigenvalue weighted by molar-refractivity contribution is 6.62. The first kappa shape index (κ1) is 19.5. The number of carbonyl (C=O) groups excluding carboxylic acids is 1. The number of alkyl halides is 3. The van der Waals surface area contributed by atoms with Gasteiger partial charge >= 0.3 is 19.3 Å². The van der Waals surface area contributed by atoms with E-state index in [-0.39, 0.29) is 5.56 Å². The lowest BCUT2D eigenvalue weighted by Crippen LogP contribution is -2.41. The molecule has 1 aromatic carbocycles. The Morgan fingerprint density at radius 3 is 2.20 bits per heavy atom. The minimum atomic E-state index is -4.55. The van der Waals surface area contributed by atoms with Crippen molar-refractivity contribution in [3.8, 4) is 0 Å². The van der Waals surface area contributed by atoms with Crippen LogP contribution in [-0.4, -0.2) is 31.4 Å². The first-order valence-electron chi connectivity index (χ1n) is 7.70. The van der Waals surface area contributed by atoms with Crippen LogP contribution in [0, 0.1) is 0 Å². The van der Waals surface area contributed by atoms with Crippen molar-refractivity contribution >= 4 is 24.6 Å². The van der Waals surface area contributed by atoms with Crippen molar-refractivity contribution < 1.29 is 32.0 Å². The molecule has 1 heterocycles. The SMILES string of the molecule is COC(=O)C=Cc1cc(B2OC(C)(C)C(C)(C)O2)ccc1C(F)(F)F. The molecule has 0 N–H and O–H groups in total. The minimum absolute atomic E-state index is 0.162. The van der Waals surface area contributed by atoms with Crippen LogP contribution in [0.2, 0.25) is 0 Å².